The van der Waals surface area contributed by atoms with Gasteiger partial charge >= 0.3 is 11.9 Å². The van der Waals surface area contributed by atoms with Gasteiger partial charge in [-0.3, -0.25) is 9.59 Å². The van der Waals surface area contributed by atoms with Crippen LogP contribution in [0, 0.1) is 10.8 Å². The molecule has 2 N–H and O–H groups in total. The van der Waals surface area contributed by atoms with Gasteiger partial charge in [-0.15, -0.1) is 0 Å². The number of rotatable bonds is 6. The Labute approximate surface area is 90.3 Å². The van der Waals surface area contributed by atoms with Gasteiger partial charge in [-0.25, -0.2) is 0 Å². The molecule has 0 aliphatic heterocycles. The third-order valence-electron chi connectivity index (χ3n) is 3.42. The molecule has 0 unspecified atom stereocenters. The largest absolute Gasteiger partial charge is 0.481 e. The fourth-order valence-corrected chi connectivity index (χ4v) is 1.28. The van der Waals surface area contributed by atoms with Gasteiger partial charge < -0.3 is 10.2 Å². The van der Waals surface area contributed by atoms with Crippen LogP contribution in [0.1, 0.15) is 47.0 Å². The standard InChI is InChI=1S/C11H20O4/c1-10(2,7-5-6-8(12)13)11(3,4)9(14)15/h5-7H2,1-4H3,(H,12,13)(H,14,15). The maximum absolute atomic E-state index is 11.0. The molecule has 0 spiro atoms. The highest BCUT2D eigenvalue weighted by Crippen LogP contribution is 2.42. The molecule has 0 saturated heterocycles. The highest BCUT2D eigenvalue weighted by Gasteiger charge is 2.42. The number of carboxylic acid groups (broad SMARTS) is 2. The molecule has 4 heteroatoms. The lowest BCUT2D eigenvalue weighted by Gasteiger charge is -2.38. The summed E-state index contributed by atoms with van der Waals surface area (Å²) in [4.78, 5) is 21.4. The summed E-state index contributed by atoms with van der Waals surface area (Å²) >= 11 is 0. The topological polar surface area (TPSA) is 74.6 Å². The highest BCUT2D eigenvalue weighted by atomic mass is 16.4. The fraction of sp³-hybridized carbons (Fsp3) is 0.818. The van der Waals surface area contributed by atoms with E-state index in [0.29, 0.717) is 12.8 Å². The average molecular weight is 216 g/mol. The monoisotopic (exact) mass is 216 g/mol. The van der Waals surface area contributed by atoms with Crippen LogP contribution in [0.25, 0.3) is 0 Å². The van der Waals surface area contributed by atoms with E-state index in [9.17, 15) is 9.59 Å². The first kappa shape index (κ1) is 13.9. The van der Waals surface area contributed by atoms with E-state index in [1.807, 2.05) is 13.8 Å². The molecule has 0 aromatic rings. The second-order valence-corrected chi connectivity index (χ2v) is 5.06. The molecule has 0 fully saturated rings. The minimum Gasteiger partial charge on any atom is -0.481 e. The Hall–Kier alpha value is -1.06. The summed E-state index contributed by atoms with van der Waals surface area (Å²) in [6, 6.07) is 0. The van der Waals surface area contributed by atoms with E-state index in [1.54, 1.807) is 13.8 Å². The molecule has 0 aliphatic rings. The molecule has 0 radical (unpaired) electrons. The van der Waals surface area contributed by atoms with Crippen LogP contribution in [0.15, 0.2) is 0 Å². The van der Waals surface area contributed by atoms with Crippen LogP contribution in [0.4, 0.5) is 0 Å². The normalized spacial score (nSPS) is 12.5. The summed E-state index contributed by atoms with van der Waals surface area (Å²) in [5.41, 5.74) is -1.25. The lowest BCUT2D eigenvalue weighted by molar-refractivity contribution is -0.154. The summed E-state index contributed by atoms with van der Waals surface area (Å²) in [5, 5.41) is 17.6. The van der Waals surface area contributed by atoms with E-state index in [0.717, 1.165) is 0 Å². The first-order chi connectivity index (χ1) is 6.61. The van der Waals surface area contributed by atoms with Gasteiger partial charge in [0.1, 0.15) is 0 Å². The SMILES string of the molecule is CC(C)(CCCC(=O)O)C(C)(C)C(=O)O. The molecule has 0 atom stereocenters. The van der Waals surface area contributed by atoms with Gasteiger partial charge in [0.2, 0.25) is 0 Å². The number of hydrogen-bond acceptors (Lipinski definition) is 2. The van der Waals surface area contributed by atoms with Gasteiger partial charge in [-0.05, 0) is 32.1 Å². The Kier molecular flexibility index (Phi) is 4.31. The molecule has 0 heterocycles. The van der Waals surface area contributed by atoms with Crippen molar-refractivity contribution in [3.05, 3.63) is 0 Å². The molecule has 0 aromatic heterocycles. The van der Waals surface area contributed by atoms with E-state index in [1.165, 1.54) is 0 Å². The Morgan fingerprint density at radius 3 is 1.87 bits per heavy atom. The van der Waals surface area contributed by atoms with E-state index >= 15 is 0 Å². The number of hydrogen-bond donors (Lipinski definition) is 2. The van der Waals surface area contributed by atoms with Crippen molar-refractivity contribution in [3.63, 3.8) is 0 Å². The summed E-state index contributed by atoms with van der Waals surface area (Å²) in [7, 11) is 0. The quantitative estimate of drug-likeness (QED) is 0.714. The zero-order valence-electron chi connectivity index (χ0n) is 9.83. The van der Waals surface area contributed by atoms with Crippen molar-refractivity contribution in [1.29, 1.82) is 0 Å². The van der Waals surface area contributed by atoms with Gasteiger partial charge in [-0.2, -0.15) is 0 Å². The third kappa shape index (κ3) is 3.53. The van der Waals surface area contributed by atoms with Gasteiger partial charge in [0.05, 0.1) is 5.41 Å². The van der Waals surface area contributed by atoms with Crippen LogP contribution >= 0.6 is 0 Å². The maximum atomic E-state index is 11.0. The lowest BCUT2D eigenvalue weighted by Crippen LogP contribution is -2.39. The lowest BCUT2D eigenvalue weighted by atomic mass is 9.65. The van der Waals surface area contributed by atoms with Crippen LogP contribution in [-0.4, -0.2) is 22.2 Å². The van der Waals surface area contributed by atoms with Crippen molar-refractivity contribution in [2.45, 2.75) is 47.0 Å². The number of carbonyl (C=O) groups is 2. The van der Waals surface area contributed by atoms with Crippen molar-refractivity contribution in [3.8, 4) is 0 Å². The summed E-state index contributed by atoms with van der Waals surface area (Å²) in [6.45, 7) is 7.08. The second kappa shape index (κ2) is 4.64. The van der Waals surface area contributed by atoms with E-state index < -0.39 is 22.8 Å². The maximum Gasteiger partial charge on any atom is 0.309 e. The minimum atomic E-state index is -0.845. The van der Waals surface area contributed by atoms with Crippen molar-refractivity contribution in [2.75, 3.05) is 0 Å². The molecule has 0 amide bonds. The van der Waals surface area contributed by atoms with Crippen molar-refractivity contribution >= 4 is 11.9 Å². The van der Waals surface area contributed by atoms with Gasteiger partial charge in [0.25, 0.3) is 0 Å². The van der Waals surface area contributed by atoms with Gasteiger partial charge in [-0.1, -0.05) is 13.8 Å². The molecule has 0 aromatic carbocycles. The van der Waals surface area contributed by atoms with E-state index in [-0.39, 0.29) is 6.42 Å². The Balaban J connectivity index is 4.41. The highest BCUT2D eigenvalue weighted by molar-refractivity contribution is 5.74. The smallest absolute Gasteiger partial charge is 0.309 e. The predicted octanol–water partition coefficient (Wildman–Crippen LogP) is 2.38. The molecule has 4 nitrogen and oxygen atoms in total. The number of aliphatic carboxylic acids is 2. The molecule has 0 bridgehead atoms. The zero-order chi connectivity index (χ0) is 12.3. The molecular weight excluding hydrogens is 196 g/mol. The Morgan fingerprint density at radius 1 is 1.07 bits per heavy atom. The fourth-order valence-electron chi connectivity index (χ4n) is 1.28. The van der Waals surface area contributed by atoms with Gasteiger partial charge in [0, 0.05) is 6.42 Å². The third-order valence-corrected chi connectivity index (χ3v) is 3.42. The molecule has 0 saturated carbocycles. The van der Waals surface area contributed by atoms with Crippen molar-refractivity contribution < 1.29 is 19.8 Å². The Morgan fingerprint density at radius 2 is 1.53 bits per heavy atom. The van der Waals surface area contributed by atoms with Crippen LogP contribution in [0.2, 0.25) is 0 Å². The van der Waals surface area contributed by atoms with E-state index in [4.69, 9.17) is 10.2 Å². The number of carboxylic acids is 2. The van der Waals surface area contributed by atoms with Crippen molar-refractivity contribution in [1.82, 2.24) is 0 Å². The summed E-state index contributed by atoms with van der Waals surface area (Å²) in [5.74, 6) is -1.68. The molecule has 0 rings (SSSR count). The van der Waals surface area contributed by atoms with Crippen LogP contribution in [-0.2, 0) is 9.59 Å². The molecule has 0 aliphatic carbocycles. The predicted molar refractivity (Wildman–Crippen MR) is 56.7 cm³/mol. The van der Waals surface area contributed by atoms with Gasteiger partial charge in [0.15, 0.2) is 0 Å². The zero-order valence-corrected chi connectivity index (χ0v) is 9.83. The molecular formula is C11H20O4. The second-order valence-electron chi connectivity index (χ2n) is 5.06. The van der Waals surface area contributed by atoms with Crippen LogP contribution < -0.4 is 0 Å². The average Bonchev–Trinajstić information content (AvgIpc) is 2.02. The van der Waals surface area contributed by atoms with Crippen molar-refractivity contribution in [2.24, 2.45) is 10.8 Å². The molecule has 88 valence electrons. The van der Waals surface area contributed by atoms with Crippen LogP contribution in [0.3, 0.4) is 0 Å². The minimum absolute atomic E-state index is 0.0964. The van der Waals surface area contributed by atoms with E-state index in [2.05, 4.69) is 0 Å². The first-order valence-electron chi connectivity index (χ1n) is 5.06. The summed E-state index contributed by atoms with van der Waals surface area (Å²) < 4.78 is 0. The first-order valence-corrected chi connectivity index (χ1v) is 5.06. The summed E-state index contributed by atoms with van der Waals surface area (Å²) in [6.07, 6.45) is 1.21. The van der Waals surface area contributed by atoms with Crippen LogP contribution in [0.5, 0.6) is 0 Å². The Bertz CT molecular complexity index is 253. The molecule has 15 heavy (non-hydrogen) atoms.